The predicted octanol–water partition coefficient (Wildman–Crippen LogP) is 0.689. The molecule has 0 unspecified atom stereocenters. The fraction of sp³-hybridized carbons (Fsp3) is 1.00. The van der Waals surface area contributed by atoms with Crippen molar-refractivity contribution in [2.24, 2.45) is 0 Å². The molecule has 0 atom stereocenters. The molecule has 0 aliphatic carbocycles. The normalized spacial score (nSPS) is 12.0. The second-order valence-corrected chi connectivity index (χ2v) is 3.26. The van der Waals surface area contributed by atoms with Gasteiger partial charge in [-0.25, -0.2) is 0 Å². The number of aliphatic hydroxyl groups is 2. The lowest BCUT2D eigenvalue weighted by Gasteiger charge is -2.09. The molecule has 0 aromatic carbocycles. The minimum absolute atomic E-state index is 0.203. The molecule has 0 fully saturated rings. The molecule has 2 nitrogen and oxygen atoms in total. The van der Waals surface area contributed by atoms with Crippen LogP contribution < -0.4 is 0 Å². The molecule has 0 saturated carbocycles. The number of alkyl halides is 2. The third-order valence-electron chi connectivity index (χ3n) is 0.413. The summed E-state index contributed by atoms with van der Waals surface area (Å²) in [5.41, 5.74) is 0. The Morgan fingerprint density at radius 1 is 1.57 bits per heavy atom. The summed E-state index contributed by atoms with van der Waals surface area (Å²) >= 11 is 6.66. The van der Waals surface area contributed by atoms with Crippen molar-refractivity contribution in [2.75, 3.05) is 5.88 Å². The highest BCUT2D eigenvalue weighted by molar-refractivity contribution is 14.1. The Bertz CT molecular complexity index is 51.4. The summed E-state index contributed by atoms with van der Waals surface area (Å²) in [5, 5.41) is 17.0. The van der Waals surface area contributed by atoms with Gasteiger partial charge in [0, 0.05) is 12.3 Å². The lowest BCUT2D eigenvalue weighted by molar-refractivity contribution is -0.0590. The van der Waals surface area contributed by atoms with Gasteiger partial charge >= 0.3 is 0 Å². The lowest BCUT2D eigenvalue weighted by atomic mass is 10.5. The zero-order chi connectivity index (χ0) is 5.91. The number of hydrogen-bond donors (Lipinski definition) is 2. The molecule has 0 aromatic heterocycles. The van der Waals surface area contributed by atoms with Crippen molar-refractivity contribution in [3.05, 3.63) is 0 Å². The van der Waals surface area contributed by atoms with Gasteiger partial charge in [-0.05, 0) is 22.6 Å². The molecule has 4 heteroatoms. The highest BCUT2D eigenvalue weighted by Crippen LogP contribution is 2.14. The van der Waals surface area contributed by atoms with Crippen LogP contribution in [0.1, 0.15) is 6.42 Å². The van der Waals surface area contributed by atoms with E-state index in [2.05, 4.69) is 0 Å². The predicted molar refractivity (Wildman–Crippen MR) is 36.5 cm³/mol. The Morgan fingerprint density at radius 2 is 2.00 bits per heavy atom. The van der Waals surface area contributed by atoms with Gasteiger partial charge < -0.3 is 10.2 Å². The van der Waals surface area contributed by atoms with Crippen LogP contribution in [0.2, 0.25) is 0 Å². The molecule has 2 N–H and O–H groups in total. The summed E-state index contributed by atoms with van der Waals surface area (Å²) < 4.78 is -1.61. The maximum Gasteiger partial charge on any atom is 0.217 e. The molecule has 0 aliphatic heterocycles. The SMILES string of the molecule is OC(O)(I)CCCl. The number of halogens is 2. The van der Waals surface area contributed by atoms with Crippen LogP contribution in [0.4, 0.5) is 0 Å². The van der Waals surface area contributed by atoms with Crippen LogP contribution in [0, 0.1) is 0 Å². The van der Waals surface area contributed by atoms with E-state index in [9.17, 15) is 0 Å². The van der Waals surface area contributed by atoms with Gasteiger partial charge in [-0.2, -0.15) is 0 Å². The Balaban J connectivity index is 3.15. The Morgan fingerprint density at radius 3 is 2.00 bits per heavy atom. The van der Waals surface area contributed by atoms with E-state index in [1.807, 2.05) is 0 Å². The summed E-state index contributed by atoms with van der Waals surface area (Å²) in [6.07, 6.45) is 0.203. The summed E-state index contributed by atoms with van der Waals surface area (Å²) in [4.78, 5) is 0. The quantitative estimate of drug-likeness (QED) is 0.421. The third-order valence-corrected chi connectivity index (χ3v) is 1.14. The van der Waals surface area contributed by atoms with E-state index in [0.717, 1.165) is 0 Å². The minimum Gasteiger partial charge on any atom is -0.358 e. The molecule has 7 heavy (non-hydrogen) atoms. The van der Waals surface area contributed by atoms with Gasteiger partial charge in [0.25, 0.3) is 0 Å². The lowest BCUT2D eigenvalue weighted by Crippen LogP contribution is -2.18. The highest BCUT2D eigenvalue weighted by atomic mass is 127. The molecule has 0 aromatic rings. The second kappa shape index (κ2) is 3.06. The van der Waals surface area contributed by atoms with E-state index in [1.54, 1.807) is 0 Å². The summed E-state index contributed by atoms with van der Waals surface area (Å²) in [6.45, 7) is 0. The van der Waals surface area contributed by atoms with Crippen molar-refractivity contribution < 1.29 is 10.2 Å². The van der Waals surface area contributed by atoms with Gasteiger partial charge in [0.15, 0.2) is 0 Å². The van der Waals surface area contributed by atoms with Crippen LogP contribution in [-0.4, -0.2) is 19.9 Å². The van der Waals surface area contributed by atoms with Gasteiger partial charge in [0.2, 0.25) is 3.79 Å². The maximum absolute atomic E-state index is 8.48. The molecule has 0 radical (unpaired) electrons. The Hall–Kier alpha value is 0.940. The molecule has 0 rings (SSSR count). The average molecular weight is 236 g/mol. The molecular weight excluding hydrogens is 230 g/mol. The van der Waals surface area contributed by atoms with Crippen LogP contribution in [0.3, 0.4) is 0 Å². The van der Waals surface area contributed by atoms with Gasteiger partial charge in [0.05, 0.1) is 0 Å². The van der Waals surface area contributed by atoms with E-state index in [1.165, 1.54) is 22.6 Å². The van der Waals surface area contributed by atoms with E-state index >= 15 is 0 Å². The first kappa shape index (κ1) is 7.94. The minimum atomic E-state index is -1.61. The molecule has 0 aliphatic rings. The molecule has 0 heterocycles. The van der Waals surface area contributed by atoms with Crippen molar-refractivity contribution in [2.45, 2.75) is 10.2 Å². The van der Waals surface area contributed by atoms with Crippen LogP contribution in [0.15, 0.2) is 0 Å². The van der Waals surface area contributed by atoms with Crippen LogP contribution in [0.5, 0.6) is 0 Å². The van der Waals surface area contributed by atoms with Gasteiger partial charge in [0.1, 0.15) is 0 Å². The van der Waals surface area contributed by atoms with Gasteiger partial charge in [-0.3, -0.25) is 0 Å². The third kappa shape index (κ3) is 6.94. The van der Waals surface area contributed by atoms with Crippen molar-refractivity contribution in [3.8, 4) is 0 Å². The van der Waals surface area contributed by atoms with Gasteiger partial charge in [-0.1, -0.05) is 0 Å². The molecular formula is C3H6ClIO2. The summed E-state index contributed by atoms with van der Waals surface area (Å²) in [7, 11) is 0. The highest BCUT2D eigenvalue weighted by Gasteiger charge is 2.14. The summed E-state index contributed by atoms with van der Waals surface area (Å²) in [6, 6.07) is 0. The van der Waals surface area contributed by atoms with Crippen molar-refractivity contribution >= 4 is 34.2 Å². The zero-order valence-corrected chi connectivity index (χ0v) is 6.48. The van der Waals surface area contributed by atoms with Crippen molar-refractivity contribution in [1.29, 1.82) is 0 Å². The van der Waals surface area contributed by atoms with Crippen LogP contribution in [0.25, 0.3) is 0 Å². The van der Waals surface area contributed by atoms with Crippen molar-refractivity contribution in [3.63, 3.8) is 0 Å². The van der Waals surface area contributed by atoms with Crippen LogP contribution >= 0.6 is 34.2 Å². The maximum atomic E-state index is 8.48. The summed E-state index contributed by atoms with van der Waals surface area (Å²) in [5.74, 6) is 0.274. The number of hydrogen-bond acceptors (Lipinski definition) is 2. The van der Waals surface area contributed by atoms with Gasteiger partial charge in [-0.15, -0.1) is 11.6 Å². The first-order chi connectivity index (χ1) is 3.06. The largest absolute Gasteiger partial charge is 0.358 e. The van der Waals surface area contributed by atoms with E-state index < -0.39 is 3.79 Å². The fourth-order valence-electron chi connectivity index (χ4n) is 0.120. The molecule has 0 spiro atoms. The second-order valence-electron chi connectivity index (χ2n) is 1.16. The van der Waals surface area contributed by atoms with E-state index in [4.69, 9.17) is 21.8 Å². The monoisotopic (exact) mass is 236 g/mol. The zero-order valence-electron chi connectivity index (χ0n) is 3.56. The first-order valence-corrected chi connectivity index (χ1v) is 3.37. The van der Waals surface area contributed by atoms with Crippen LogP contribution in [-0.2, 0) is 0 Å². The first-order valence-electron chi connectivity index (χ1n) is 1.76. The standard InChI is InChI=1S/C3H6ClIO2/c4-2-1-3(5,6)7/h6-7H,1-2H2. The average Bonchev–Trinajstić information content (AvgIpc) is 1.30. The smallest absolute Gasteiger partial charge is 0.217 e. The number of rotatable bonds is 2. The fourth-order valence-corrected chi connectivity index (χ4v) is 0.972. The molecule has 0 saturated heterocycles. The van der Waals surface area contributed by atoms with E-state index in [0.29, 0.717) is 0 Å². The van der Waals surface area contributed by atoms with Crippen molar-refractivity contribution in [1.82, 2.24) is 0 Å². The Labute approximate surface area is 60.6 Å². The Kier molecular flexibility index (Phi) is 3.48. The topological polar surface area (TPSA) is 40.5 Å². The molecule has 44 valence electrons. The van der Waals surface area contributed by atoms with E-state index in [-0.39, 0.29) is 12.3 Å². The molecule has 0 amide bonds. The molecule has 0 bridgehead atoms.